The van der Waals surface area contributed by atoms with E-state index in [0.29, 0.717) is 12.8 Å². The summed E-state index contributed by atoms with van der Waals surface area (Å²) >= 11 is 0. The first-order valence-electron chi connectivity index (χ1n) is 20.7. The van der Waals surface area contributed by atoms with Crippen molar-refractivity contribution in [3.63, 3.8) is 0 Å². The van der Waals surface area contributed by atoms with Crippen LogP contribution in [0.25, 0.3) is 0 Å². The molecule has 0 aromatic rings. The Morgan fingerprint density at radius 1 is 0.468 bits per heavy atom. The van der Waals surface area contributed by atoms with E-state index in [1.807, 2.05) is 0 Å². The molecule has 0 aromatic carbocycles. The molecule has 0 spiro atoms. The van der Waals surface area contributed by atoms with E-state index in [1.165, 1.54) is 161 Å². The van der Waals surface area contributed by atoms with Gasteiger partial charge in [-0.05, 0) is 38.5 Å². The molecule has 0 saturated carbocycles. The molecule has 0 amide bonds. The Labute approximate surface area is 292 Å². The number of carbonyl (C=O) groups is 2. The maximum Gasteiger partial charge on any atom is 0.306 e. The zero-order chi connectivity index (χ0) is 34.3. The normalized spacial score (nSPS) is 12.1. The number of rotatable bonds is 38. The monoisotopic (exact) mass is 665 g/mol. The van der Waals surface area contributed by atoms with Crippen molar-refractivity contribution in [1.29, 1.82) is 0 Å². The van der Waals surface area contributed by atoms with Crippen LogP contribution >= 0.6 is 0 Å². The van der Waals surface area contributed by atoms with Crippen molar-refractivity contribution in [2.75, 3.05) is 13.2 Å². The van der Waals surface area contributed by atoms with E-state index in [0.717, 1.165) is 38.5 Å². The summed E-state index contributed by atoms with van der Waals surface area (Å²) in [6, 6.07) is 0. The molecule has 0 radical (unpaired) electrons. The second-order valence-electron chi connectivity index (χ2n) is 14.1. The van der Waals surface area contributed by atoms with Crippen LogP contribution in [0.2, 0.25) is 0 Å². The fraction of sp³-hybridized carbons (Fsp3) is 0.905. The SMILES string of the molecule is CCCCCCCCC=CCCCCCCCCCCCCCC(=O)OC[C@H](CO)OC(=O)CCCCCCCCCCCCCC. The molecule has 278 valence electrons. The molecule has 5 nitrogen and oxygen atoms in total. The summed E-state index contributed by atoms with van der Waals surface area (Å²) < 4.78 is 10.6. The third-order valence-corrected chi connectivity index (χ3v) is 9.31. The second-order valence-corrected chi connectivity index (χ2v) is 14.1. The molecule has 1 atom stereocenters. The first-order valence-corrected chi connectivity index (χ1v) is 20.7. The Hall–Kier alpha value is -1.36. The van der Waals surface area contributed by atoms with Crippen LogP contribution in [0, 0.1) is 0 Å². The average Bonchev–Trinajstić information content (AvgIpc) is 3.07. The number of hydrogen-bond acceptors (Lipinski definition) is 5. The van der Waals surface area contributed by atoms with Crippen molar-refractivity contribution >= 4 is 11.9 Å². The molecule has 5 heteroatoms. The number of ether oxygens (including phenoxy) is 2. The lowest BCUT2D eigenvalue weighted by molar-refractivity contribution is -0.161. The fourth-order valence-corrected chi connectivity index (χ4v) is 6.14. The largest absolute Gasteiger partial charge is 0.462 e. The van der Waals surface area contributed by atoms with Gasteiger partial charge in [-0.1, -0.05) is 187 Å². The Balaban J connectivity index is 3.48. The molecule has 0 aliphatic heterocycles. The summed E-state index contributed by atoms with van der Waals surface area (Å²) in [5.74, 6) is -0.581. The molecule has 0 aromatic heterocycles. The van der Waals surface area contributed by atoms with Gasteiger partial charge in [-0.25, -0.2) is 0 Å². The molecule has 0 heterocycles. The smallest absolute Gasteiger partial charge is 0.306 e. The van der Waals surface area contributed by atoms with E-state index in [2.05, 4.69) is 26.0 Å². The predicted molar refractivity (Wildman–Crippen MR) is 201 cm³/mol. The number of hydrogen-bond donors (Lipinski definition) is 1. The molecule has 0 unspecified atom stereocenters. The zero-order valence-corrected chi connectivity index (χ0v) is 31.6. The van der Waals surface area contributed by atoms with Crippen LogP contribution in [-0.2, 0) is 19.1 Å². The van der Waals surface area contributed by atoms with Gasteiger partial charge in [0.15, 0.2) is 6.10 Å². The average molecular weight is 665 g/mol. The van der Waals surface area contributed by atoms with Crippen LogP contribution in [0.1, 0.15) is 226 Å². The summed E-state index contributed by atoms with van der Waals surface area (Å²) in [6.45, 7) is 4.15. The lowest BCUT2D eigenvalue weighted by Gasteiger charge is -2.15. The van der Waals surface area contributed by atoms with Crippen LogP contribution in [0.5, 0.6) is 0 Å². The highest BCUT2D eigenvalue weighted by Gasteiger charge is 2.16. The molecule has 0 aliphatic rings. The summed E-state index contributed by atoms with van der Waals surface area (Å²) in [5, 5.41) is 9.55. The summed E-state index contributed by atoms with van der Waals surface area (Å²) in [4.78, 5) is 24.2. The Kier molecular flexibility index (Phi) is 38.0. The van der Waals surface area contributed by atoms with E-state index in [4.69, 9.17) is 9.47 Å². The highest BCUT2D eigenvalue weighted by atomic mass is 16.6. The van der Waals surface area contributed by atoms with Crippen LogP contribution in [-0.4, -0.2) is 36.4 Å². The van der Waals surface area contributed by atoms with Gasteiger partial charge in [0, 0.05) is 12.8 Å². The van der Waals surface area contributed by atoms with E-state index >= 15 is 0 Å². The van der Waals surface area contributed by atoms with Gasteiger partial charge in [-0.2, -0.15) is 0 Å². The van der Waals surface area contributed by atoms with Crippen LogP contribution in [0.3, 0.4) is 0 Å². The van der Waals surface area contributed by atoms with Crippen molar-refractivity contribution in [2.24, 2.45) is 0 Å². The van der Waals surface area contributed by atoms with Crippen molar-refractivity contribution in [3.8, 4) is 0 Å². The topological polar surface area (TPSA) is 72.8 Å². The molecule has 0 saturated heterocycles. The number of esters is 2. The second kappa shape index (κ2) is 39.1. The molecular formula is C42H80O5. The highest BCUT2D eigenvalue weighted by Crippen LogP contribution is 2.15. The van der Waals surface area contributed by atoms with Gasteiger partial charge in [0.25, 0.3) is 0 Å². The Bertz CT molecular complexity index is 676. The minimum Gasteiger partial charge on any atom is -0.462 e. The van der Waals surface area contributed by atoms with Gasteiger partial charge in [-0.3, -0.25) is 9.59 Å². The number of unbranched alkanes of at least 4 members (excludes halogenated alkanes) is 28. The van der Waals surface area contributed by atoms with E-state index in [1.54, 1.807) is 0 Å². The molecule has 1 N–H and O–H groups in total. The molecule has 0 rings (SSSR count). The van der Waals surface area contributed by atoms with Crippen molar-refractivity contribution in [3.05, 3.63) is 12.2 Å². The van der Waals surface area contributed by atoms with Crippen molar-refractivity contribution in [1.82, 2.24) is 0 Å². The maximum absolute atomic E-state index is 12.1. The molecule has 0 fully saturated rings. The molecular weight excluding hydrogens is 584 g/mol. The fourth-order valence-electron chi connectivity index (χ4n) is 6.14. The zero-order valence-electron chi connectivity index (χ0n) is 31.6. The highest BCUT2D eigenvalue weighted by molar-refractivity contribution is 5.70. The maximum atomic E-state index is 12.1. The predicted octanol–water partition coefficient (Wildman–Crippen LogP) is 12.9. The lowest BCUT2D eigenvalue weighted by atomic mass is 10.0. The Morgan fingerprint density at radius 3 is 1.15 bits per heavy atom. The van der Waals surface area contributed by atoms with Gasteiger partial charge in [-0.15, -0.1) is 0 Å². The van der Waals surface area contributed by atoms with Crippen molar-refractivity contribution in [2.45, 2.75) is 232 Å². The number of allylic oxidation sites excluding steroid dienone is 2. The van der Waals surface area contributed by atoms with Gasteiger partial charge in [0.05, 0.1) is 6.61 Å². The summed E-state index contributed by atoms with van der Waals surface area (Å²) in [7, 11) is 0. The van der Waals surface area contributed by atoms with Gasteiger partial charge >= 0.3 is 11.9 Å². The summed E-state index contributed by atoms with van der Waals surface area (Å²) in [5.41, 5.74) is 0. The van der Waals surface area contributed by atoms with Gasteiger partial charge < -0.3 is 14.6 Å². The Morgan fingerprint density at radius 2 is 0.787 bits per heavy atom. The van der Waals surface area contributed by atoms with Crippen LogP contribution in [0.15, 0.2) is 12.2 Å². The minimum absolute atomic E-state index is 0.0600. The minimum atomic E-state index is -0.764. The number of aliphatic hydroxyl groups is 1. The quantitative estimate of drug-likeness (QED) is 0.0404. The van der Waals surface area contributed by atoms with E-state index in [-0.39, 0.29) is 25.2 Å². The van der Waals surface area contributed by atoms with Gasteiger partial charge in [0.2, 0.25) is 0 Å². The summed E-state index contributed by atoms with van der Waals surface area (Å²) in [6.07, 6.45) is 44.2. The molecule has 47 heavy (non-hydrogen) atoms. The molecule has 0 bridgehead atoms. The van der Waals surface area contributed by atoms with E-state index < -0.39 is 6.10 Å². The standard InChI is InChI=1S/C42H80O5/c1-3-5-7-9-11-13-15-17-18-19-20-21-22-23-24-25-27-28-30-32-34-36-41(44)46-39-40(38-43)47-42(45)37-35-33-31-29-26-16-14-12-10-8-6-4-2/h17-18,40,43H,3-16,19-39H2,1-2H3/t40-/m0/s1. The first kappa shape index (κ1) is 45.6. The molecule has 0 aliphatic carbocycles. The third-order valence-electron chi connectivity index (χ3n) is 9.31. The number of aliphatic hydroxyl groups excluding tert-OH is 1. The van der Waals surface area contributed by atoms with Crippen LogP contribution < -0.4 is 0 Å². The van der Waals surface area contributed by atoms with E-state index in [9.17, 15) is 14.7 Å². The van der Waals surface area contributed by atoms with Crippen molar-refractivity contribution < 1.29 is 24.2 Å². The lowest BCUT2D eigenvalue weighted by Crippen LogP contribution is -2.28. The number of carbonyl (C=O) groups excluding carboxylic acids is 2. The van der Waals surface area contributed by atoms with Gasteiger partial charge in [0.1, 0.15) is 6.61 Å². The first-order chi connectivity index (χ1) is 23.1. The third kappa shape index (κ3) is 37.3. The van der Waals surface area contributed by atoms with Crippen LogP contribution in [0.4, 0.5) is 0 Å².